The van der Waals surface area contributed by atoms with Gasteiger partial charge in [0.05, 0.1) is 10.7 Å². The van der Waals surface area contributed by atoms with E-state index in [4.69, 9.17) is 9.47 Å². The van der Waals surface area contributed by atoms with Gasteiger partial charge in [-0.05, 0) is 42.8 Å². The van der Waals surface area contributed by atoms with Crippen molar-refractivity contribution >= 4 is 44.8 Å². The average molecular weight is 475 g/mol. The zero-order chi connectivity index (χ0) is 20.6. The molecule has 0 radical (unpaired) electrons. The molecule has 150 valence electrons. The number of rotatable bonds is 8. The van der Waals surface area contributed by atoms with Crippen LogP contribution in [0.3, 0.4) is 0 Å². The molecular formula is C21H19BrN2O4S. The number of nitrogens with one attached hydrogen (secondary N) is 1. The van der Waals surface area contributed by atoms with Gasteiger partial charge in [0.15, 0.2) is 6.61 Å². The molecule has 1 heterocycles. The Hall–Kier alpha value is -2.71. The molecule has 0 saturated carbocycles. The highest BCUT2D eigenvalue weighted by atomic mass is 79.9. The van der Waals surface area contributed by atoms with Gasteiger partial charge in [0.1, 0.15) is 17.9 Å². The second-order valence-corrected chi connectivity index (χ2v) is 7.86. The van der Waals surface area contributed by atoms with Crippen LogP contribution in [0.4, 0.5) is 5.69 Å². The number of carbonyl (C=O) groups is 2. The SMILES string of the molecule is CCc1nc(COC(=O)c2ccccc2OCC(=O)Nc2ccc(Br)cc2)cs1. The van der Waals surface area contributed by atoms with Crippen molar-refractivity contribution in [3.63, 3.8) is 0 Å². The molecule has 0 saturated heterocycles. The van der Waals surface area contributed by atoms with E-state index in [1.54, 1.807) is 36.4 Å². The highest BCUT2D eigenvalue weighted by molar-refractivity contribution is 9.10. The summed E-state index contributed by atoms with van der Waals surface area (Å²) < 4.78 is 11.8. The van der Waals surface area contributed by atoms with Crippen LogP contribution in [0.15, 0.2) is 58.4 Å². The largest absolute Gasteiger partial charge is 0.483 e. The molecule has 1 aromatic heterocycles. The van der Waals surface area contributed by atoms with E-state index >= 15 is 0 Å². The average Bonchev–Trinajstić information content (AvgIpc) is 3.20. The van der Waals surface area contributed by atoms with E-state index in [0.29, 0.717) is 11.4 Å². The van der Waals surface area contributed by atoms with Crippen molar-refractivity contribution in [3.05, 3.63) is 74.6 Å². The Kier molecular flexibility index (Phi) is 7.37. The summed E-state index contributed by atoms with van der Waals surface area (Å²) in [4.78, 5) is 28.9. The third kappa shape index (κ3) is 6.13. The Bertz CT molecular complexity index is 988. The van der Waals surface area contributed by atoms with Crippen LogP contribution < -0.4 is 10.1 Å². The van der Waals surface area contributed by atoms with Gasteiger partial charge in [-0.25, -0.2) is 9.78 Å². The number of hydrogen-bond donors (Lipinski definition) is 1. The fourth-order valence-electron chi connectivity index (χ4n) is 2.43. The molecule has 0 aliphatic rings. The van der Waals surface area contributed by atoms with Crippen LogP contribution >= 0.6 is 27.3 Å². The molecule has 0 aliphatic carbocycles. The maximum atomic E-state index is 12.5. The number of hydrogen-bond acceptors (Lipinski definition) is 6. The van der Waals surface area contributed by atoms with Crippen LogP contribution in [-0.4, -0.2) is 23.5 Å². The van der Waals surface area contributed by atoms with Crippen molar-refractivity contribution in [2.24, 2.45) is 0 Å². The van der Waals surface area contributed by atoms with E-state index in [-0.39, 0.29) is 30.4 Å². The van der Waals surface area contributed by atoms with E-state index < -0.39 is 5.97 Å². The first-order valence-electron chi connectivity index (χ1n) is 8.93. The zero-order valence-corrected chi connectivity index (χ0v) is 18.1. The fraction of sp³-hybridized carbons (Fsp3) is 0.190. The van der Waals surface area contributed by atoms with E-state index in [2.05, 4.69) is 26.2 Å². The smallest absolute Gasteiger partial charge is 0.342 e. The second-order valence-electron chi connectivity index (χ2n) is 6.00. The standard InChI is InChI=1S/C21H19BrN2O4S/c1-2-20-24-16(13-29-20)11-28-21(26)17-5-3-4-6-18(17)27-12-19(25)23-15-9-7-14(22)8-10-15/h3-10,13H,2,11-12H2,1H3,(H,23,25). The predicted molar refractivity (Wildman–Crippen MR) is 115 cm³/mol. The van der Waals surface area contributed by atoms with E-state index in [0.717, 1.165) is 15.9 Å². The van der Waals surface area contributed by atoms with Gasteiger partial charge in [-0.3, -0.25) is 4.79 Å². The Morgan fingerprint density at radius 2 is 1.90 bits per heavy atom. The highest BCUT2D eigenvalue weighted by Gasteiger charge is 2.15. The minimum atomic E-state index is -0.528. The number of thiazole rings is 1. The number of nitrogens with zero attached hydrogens (tertiary/aromatic N) is 1. The summed E-state index contributed by atoms with van der Waals surface area (Å²) in [6.07, 6.45) is 0.845. The summed E-state index contributed by atoms with van der Waals surface area (Å²) in [5, 5.41) is 5.61. The molecule has 0 aliphatic heterocycles. The van der Waals surface area contributed by atoms with Gasteiger partial charge in [0.25, 0.3) is 5.91 Å². The van der Waals surface area contributed by atoms with E-state index in [9.17, 15) is 9.59 Å². The highest BCUT2D eigenvalue weighted by Crippen LogP contribution is 2.20. The van der Waals surface area contributed by atoms with Crippen LogP contribution in [0.25, 0.3) is 0 Å². The monoisotopic (exact) mass is 474 g/mol. The van der Waals surface area contributed by atoms with E-state index in [1.807, 2.05) is 24.4 Å². The minimum Gasteiger partial charge on any atom is -0.483 e. The first-order chi connectivity index (χ1) is 14.0. The zero-order valence-electron chi connectivity index (χ0n) is 15.7. The lowest BCUT2D eigenvalue weighted by molar-refractivity contribution is -0.118. The van der Waals surface area contributed by atoms with Crippen molar-refractivity contribution in [2.75, 3.05) is 11.9 Å². The Labute approximate surface area is 181 Å². The summed E-state index contributed by atoms with van der Waals surface area (Å²) in [7, 11) is 0. The number of benzene rings is 2. The number of esters is 1. The third-order valence-electron chi connectivity index (χ3n) is 3.85. The summed E-state index contributed by atoms with van der Waals surface area (Å²) in [5.74, 6) is -0.569. The minimum absolute atomic E-state index is 0.0910. The molecule has 2 aromatic carbocycles. The number of anilines is 1. The van der Waals surface area contributed by atoms with Crippen LogP contribution in [0.1, 0.15) is 28.0 Å². The van der Waals surface area contributed by atoms with Gasteiger partial charge in [0, 0.05) is 15.5 Å². The van der Waals surface area contributed by atoms with Gasteiger partial charge in [-0.15, -0.1) is 11.3 Å². The molecule has 1 N–H and O–H groups in total. The summed E-state index contributed by atoms with van der Waals surface area (Å²) in [6, 6.07) is 13.9. The molecule has 1 amide bonds. The maximum absolute atomic E-state index is 12.5. The number of aromatic nitrogens is 1. The molecule has 6 nitrogen and oxygen atoms in total. The summed E-state index contributed by atoms with van der Waals surface area (Å²) >= 11 is 4.88. The van der Waals surface area contributed by atoms with Crippen molar-refractivity contribution in [3.8, 4) is 5.75 Å². The molecular weight excluding hydrogens is 456 g/mol. The van der Waals surface area contributed by atoms with Gasteiger partial charge in [-0.2, -0.15) is 0 Å². The summed E-state index contributed by atoms with van der Waals surface area (Å²) in [6.45, 7) is 1.88. The number of amides is 1. The Morgan fingerprint density at radius 1 is 1.14 bits per heavy atom. The van der Waals surface area contributed by atoms with Crippen LogP contribution in [0.5, 0.6) is 5.75 Å². The topological polar surface area (TPSA) is 77.5 Å². The van der Waals surface area contributed by atoms with Crippen molar-refractivity contribution in [1.82, 2.24) is 4.98 Å². The second kappa shape index (κ2) is 10.2. The lowest BCUT2D eigenvalue weighted by Gasteiger charge is -2.11. The number of halogens is 1. The Morgan fingerprint density at radius 3 is 2.62 bits per heavy atom. The lowest BCUT2D eigenvalue weighted by atomic mass is 10.2. The van der Waals surface area contributed by atoms with Gasteiger partial charge >= 0.3 is 5.97 Å². The third-order valence-corrected chi connectivity index (χ3v) is 5.42. The maximum Gasteiger partial charge on any atom is 0.342 e. The molecule has 0 unspecified atom stereocenters. The van der Waals surface area contributed by atoms with Crippen molar-refractivity contribution in [1.29, 1.82) is 0 Å². The van der Waals surface area contributed by atoms with Crippen molar-refractivity contribution in [2.45, 2.75) is 20.0 Å². The summed E-state index contributed by atoms with van der Waals surface area (Å²) in [5.41, 5.74) is 1.63. The number of para-hydroxylation sites is 1. The first kappa shape index (κ1) is 21.0. The lowest BCUT2D eigenvalue weighted by Crippen LogP contribution is -2.21. The first-order valence-corrected chi connectivity index (χ1v) is 10.6. The molecule has 0 atom stereocenters. The van der Waals surface area contributed by atoms with Crippen molar-refractivity contribution < 1.29 is 19.1 Å². The number of carbonyl (C=O) groups excluding carboxylic acids is 2. The van der Waals surface area contributed by atoms with Gasteiger partial charge in [-0.1, -0.05) is 35.0 Å². The molecule has 3 rings (SSSR count). The van der Waals surface area contributed by atoms with E-state index in [1.165, 1.54) is 11.3 Å². The Balaban J connectivity index is 1.56. The molecule has 0 spiro atoms. The molecule has 0 fully saturated rings. The molecule has 29 heavy (non-hydrogen) atoms. The van der Waals surface area contributed by atoms with Gasteiger partial charge in [0.2, 0.25) is 0 Å². The van der Waals surface area contributed by atoms with Gasteiger partial charge < -0.3 is 14.8 Å². The molecule has 0 bridgehead atoms. The van der Waals surface area contributed by atoms with Crippen LogP contribution in [-0.2, 0) is 22.6 Å². The normalized spacial score (nSPS) is 10.4. The van der Waals surface area contributed by atoms with Crippen LogP contribution in [0.2, 0.25) is 0 Å². The van der Waals surface area contributed by atoms with Crippen LogP contribution in [0, 0.1) is 0 Å². The number of aryl methyl sites for hydroxylation is 1. The molecule has 3 aromatic rings. The fourth-order valence-corrected chi connectivity index (χ4v) is 3.42. The molecule has 8 heteroatoms. The quantitative estimate of drug-likeness (QED) is 0.472. The number of ether oxygens (including phenoxy) is 2. The predicted octanol–water partition coefficient (Wildman–Crippen LogP) is 4.84.